The lowest BCUT2D eigenvalue weighted by atomic mass is 10.2. The molecule has 0 amide bonds. The number of nitrogens with zero attached hydrogens (tertiary/aromatic N) is 1. The summed E-state index contributed by atoms with van der Waals surface area (Å²) in [4.78, 5) is 9.97. The van der Waals surface area contributed by atoms with E-state index in [9.17, 15) is 10.1 Å². The molecule has 6 heteroatoms. The summed E-state index contributed by atoms with van der Waals surface area (Å²) in [5.41, 5.74) is 6.34. The van der Waals surface area contributed by atoms with Gasteiger partial charge in [0.05, 0.1) is 11.5 Å². The summed E-state index contributed by atoms with van der Waals surface area (Å²) >= 11 is 0. The molecule has 82 valence electrons. The van der Waals surface area contributed by atoms with Gasteiger partial charge in [-0.05, 0) is 12.1 Å². The third-order valence-electron chi connectivity index (χ3n) is 1.86. The fourth-order valence-corrected chi connectivity index (χ4v) is 1.13. The quantitative estimate of drug-likeness (QED) is 0.331. The van der Waals surface area contributed by atoms with Gasteiger partial charge >= 0.3 is 0 Å². The van der Waals surface area contributed by atoms with Gasteiger partial charge in [-0.25, -0.2) is 0 Å². The van der Waals surface area contributed by atoms with Crippen LogP contribution in [0.5, 0.6) is 0 Å². The normalized spacial score (nSPS) is 9.93. The van der Waals surface area contributed by atoms with E-state index in [-0.39, 0.29) is 11.4 Å². The number of nitrogen functional groups attached to an aromatic ring is 1. The molecule has 0 saturated carbocycles. The maximum Gasteiger partial charge on any atom is 0.292 e. The standard InChI is InChI=1S/C9H13N3O3/c1-15-5-4-11-7-2-3-9(12(13)14)8(10)6-7/h2-3,6,11H,4-5,10H2,1H3. The van der Waals surface area contributed by atoms with Gasteiger partial charge in [0.1, 0.15) is 5.69 Å². The van der Waals surface area contributed by atoms with Crippen LogP contribution in [0.2, 0.25) is 0 Å². The predicted octanol–water partition coefficient (Wildman–Crippen LogP) is 1.24. The van der Waals surface area contributed by atoms with E-state index < -0.39 is 4.92 Å². The molecule has 0 unspecified atom stereocenters. The summed E-state index contributed by atoms with van der Waals surface area (Å²) in [5.74, 6) is 0. The van der Waals surface area contributed by atoms with E-state index >= 15 is 0 Å². The summed E-state index contributed by atoms with van der Waals surface area (Å²) in [7, 11) is 1.60. The van der Waals surface area contributed by atoms with Crippen LogP contribution in [0.1, 0.15) is 0 Å². The summed E-state index contributed by atoms with van der Waals surface area (Å²) in [6, 6.07) is 4.53. The maximum absolute atomic E-state index is 10.5. The monoisotopic (exact) mass is 211 g/mol. The average Bonchev–Trinajstić information content (AvgIpc) is 2.17. The first kappa shape index (κ1) is 11.3. The zero-order valence-corrected chi connectivity index (χ0v) is 8.40. The molecule has 0 aliphatic rings. The second kappa shape index (κ2) is 5.16. The van der Waals surface area contributed by atoms with Crippen molar-refractivity contribution in [2.45, 2.75) is 0 Å². The van der Waals surface area contributed by atoms with Gasteiger partial charge in [-0.1, -0.05) is 0 Å². The number of nitro benzene ring substituents is 1. The Balaban J connectivity index is 2.69. The van der Waals surface area contributed by atoms with Gasteiger partial charge in [0.25, 0.3) is 5.69 Å². The van der Waals surface area contributed by atoms with E-state index in [0.717, 1.165) is 5.69 Å². The summed E-state index contributed by atoms with van der Waals surface area (Å²) < 4.78 is 4.85. The Bertz CT molecular complexity index is 354. The Morgan fingerprint density at radius 1 is 1.60 bits per heavy atom. The molecule has 1 aromatic carbocycles. The van der Waals surface area contributed by atoms with Crippen LogP contribution in [0.25, 0.3) is 0 Å². The van der Waals surface area contributed by atoms with Crippen LogP contribution in [0.3, 0.4) is 0 Å². The van der Waals surface area contributed by atoms with E-state index in [1.54, 1.807) is 13.2 Å². The van der Waals surface area contributed by atoms with Crippen molar-refractivity contribution in [1.82, 2.24) is 0 Å². The molecular formula is C9H13N3O3. The van der Waals surface area contributed by atoms with Gasteiger partial charge in [0.15, 0.2) is 0 Å². The molecule has 0 saturated heterocycles. The highest BCUT2D eigenvalue weighted by Gasteiger charge is 2.10. The number of nitrogens with two attached hydrogens (primary N) is 1. The Labute approximate surface area is 87.2 Å². The SMILES string of the molecule is COCCNc1ccc([N+](=O)[O-])c(N)c1. The topological polar surface area (TPSA) is 90.4 Å². The van der Waals surface area contributed by atoms with Crippen molar-refractivity contribution in [3.63, 3.8) is 0 Å². The molecule has 0 aliphatic carbocycles. The Morgan fingerprint density at radius 3 is 2.87 bits per heavy atom. The van der Waals surface area contributed by atoms with Crippen LogP contribution in [0.4, 0.5) is 17.1 Å². The fraction of sp³-hybridized carbons (Fsp3) is 0.333. The number of nitro groups is 1. The van der Waals surface area contributed by atoms with Crippen molar-refractivity contribution in [2.24, 2.45) is 0 Å². The Kier molecular flexibility index (Phi) is 3.87. The van der Waals surface area contributed by atoms with Crippen molar-refractivity contribution < 1.29 is 9.66 Å². The van der Waals surface area contributed by atoms with Crippen LogP contribution in [-0.4, -0.2) is 25.2 Å². The molecule has 0 heterocycles. The van der Waals surface area contributed by atoms with Gasteiger partial charge in [-0.15, -0.1) is 0 Å². The Morgan fingerprint density at radius 2 is 2.33 bits per heavy atom. The molecule has 3 N–H and O–H groups in total. The molecule has 0 radical (unpaired) electrons. The molecule has 0 fully saturated rings. The van der Waals surface area contributed by atoms with Gasteiger partial charge in [0, 0.05) is 25.4 Å². The zero-order chi connectivity index (χ0) is 11.3. The van der Waals surface area contributed by atoms with Crippen molar-refractivity contribution in [3.05, 3.63) is 28.3 Å². The van der Waals surface area contributed by atoms with Crippen LogP contribution >= 0.6 is 0 Å². The lowest BCUT2D eigenvalue weighted by molar-refractivity contribution is -0.383. The van der Waals surface area contributed by atoms with Gasteiger partial charge < -0.3 is 15.8 Å². The third kappa shape index (κ3) is 3.10. The smallest absolute Gasteiger partial charge is 0.292 e. The van der Waals surface area contributed by atoms with E-state index in [2.05, 4.69) is 5.32 Å². The van der Waals surface area contributed by atoms with Crippen LogP contribution in [-0.2, 0) is 4.74 Å². The number of methoxy groups -OCH3 is 1. The molecular weight excluding hydrogens is 198 g/mol. The number of hydrogen-bond acceptors (Lipinski definition) is 5. The average molecular weight is 211 g/mol. The second-order valence-corrected chi connectivity index (χ2v) is 2.95. The Hall–Kier alpha value is -1.82. The first-order valence-electron chi connectivity index (χ1n) is 4.42. The highest BCUT2D eigenvalue weighted by Crippen LogP contribution is 2.24. The highest BCUT2D eigenvalue weighted by molar-refractivity contribution is 5.65. The van der Waals surface area contributed by atoms with Crippen LogP contribution in [0.15, 0.2) is 18.2 Å². The molecule has 0 aromatic heterocycles. The van der Waals surface area contributed by atoms with Crippen molar-refractivity contribution in [2.75, 3.05) is 31.3 Å². The second-order valence-electron chi connectivity index (χ2n) is 2.95. The first-order valence-corrected chi connectivity index (χ1v) is 4.42. The number of nitrogens with one attached hydrogen (secondary N) is 1. The number of anilines is 2. The molecule has 6 nitrogen and oxygen atoms in total. The molecule has 0 spiro atoms. The minimum absolute atomic E-state index is 0.0766. The van der Waals surface area contributed by atoms with E-state index in [0.29, 0.717) is 13.2 Å². The molecule has 0 atom stereocenters. The van der Waals surface area contributed by atoms with Crippen molar-refractivity contribution >= 4 is 17.1 Å². The molecule has 0 aliphatic heterocycles. The molecule has 1 aromatic rings. The van der Waals surface area contributed by atoms with Gasteiger partial charge in [0.2, 0.25) is 0 Å². The lowest BCUT2D eigenvalue weighted by Crippen LogP contribution is -2.08. The number of rotatable bonds is 5. The summed E-state index contributed by atoms with van der Waals surface area (Å²) in [5, 5.41) is 13.5. The predicted molar refractivity (Wildman–Crippen MR) is 57.9 cm³/mol. The largest absolute Gasteiger partial charge is 0.393 e. The minimum Gasteiger partial charge on any atom is -0.393 e. The van der Waals surface area contributed by atoms with Crippen LogP contribution in [0, 0.1) is 10.1 Å². The first-order chi connectivity index (χ1) is 7.15. The number of hydrogen-bond donors (Lipinski definition) is 2. The molecule has 1 rings (SSSR count). The summed E-state index contributed by atoms with van der Waals surface area (Å²) in [6.07, 6.45) is 0. The number of ether oxygens (including phenoxy) is 1. The van der Waals surface area contributed by atoms with Gasteiger partial charge in [-0.3, -0.25) is 10.1 Å². The molecule has 15 heavy (non-hydrogen) atoms. The highest BCUT2D eigenvalue weighted by atomic mass is 16.6. The van der Waals surface area contributed by atoms with Crippen LogP contribution < -0.4 is 11.1 Å². The third-order valence-corrected chi connectivity index (χ3v) is 1.86. The lowest BCUT2D eigenvalue weighted by Gasteiger charge is -2.06. The zero-order valence-electron chi connectivity index (χ0n) is 8.40. The van der Waals surface area contributed by atoms with Crippen molar-refractivity contribution in [3.8, 4) is 0 Å². The number of benzene rings is 1. The fourth-order valence-electron chi connectivity index (χ4n) is 1.13. The van der Waals surface area contributed by atoms with Crippen molar-refractivity contribution in [1.29, 1.82) is 0 Å². The maximum atomic E-state index is 10.5. The van der Waals surface area contributed by atoms with E-state index in [4.69, 9.17) is 10.5 Å². The minimum atomic E-state index is -0.506. The van der Waals surface area contributed by atoms with E-state index in [1.807, 2.05) is 0 Å². The molecule has 0 bridgehead atoms. The van der Waals surface area contributed by atoms with E-state index in [1.165, 1.54) is 12.1 Å². The summed E-state index contributed by atoms with van der Waals surface area (Å²) in [6.45, 7) is 1.20. The van der Waals surface area contributed by atoms with Gasteiger partial charge in [-0.2, -0.15) is 0 Å².